The van der Waals surface area contributed by atoms with Crippen LogP contribution in [0.25, 0.3) is 10.9 Å². The monoisotopic (exact) mass is 296 g/mol. The number of nitro benzene ring substituents is 1. The summed E-state index contributed by atoms with van der Waals surface area (Å²) in [5.74, 6) is -0.759. The first-order valence-electron chi connectivity index (χ1n) is 5.62. The standard InChI is InChI=1S/C12H9ClN2O5/c1-2-20-12(17)7-3-6-4-8(13)10(15(18)19)5-9(6)14-11(7)16/h3-5H,2H2,1H3,(H,14,16). The van der Waals surface area contributed by atoms with Crippen molar-refractivity contribution in [2.45, 2.75) is 6.92 Å². The largest absolute Gasteiger partial charge is 0.462 e. The van der Waals surface area contributed by atoms with E-state index in [0.29, 0.717) is 5.39 Å². The van der Waals surface area contributed by atoms with Gasteiger partial charge in [-0.25, -0.2) is 4.79 Å². The van der Waals surface area contributed by atoms with Crippen molar-refractivity contribution >= 4 is 34.2 Å². The molecule has 0 aliphatic rings. The average Bonchev–Trinajstić information content (AvgIpc) is 2.37. The van der Waals surface area contributed by atoms with E-state index in [1.54, 1.807) is 6.92 Å². The Hall–Kier alpha value is -2.41. The minimum atomic E-state index is -0.759. The predicted molar refractivity (Wildman–Crippen MR) is 72.2 cm³/mol. The van der Waals surface area contributed by atoms with Gasteiger partial charge < -0.3 is 9.72 Å². The molecule has 0 radical (unpaired) electrons. The molecule has 2 aromatic rings. The molecule has 0 atom stereocenters. The van der Waals surface area contributed by atoms with E-state index < -0.39 is 16.5 Å². The van der Waals surface area contributed by atoms with E-state index in [-0.39, 0.29) is 28.4 Å². The van der Waals surface area contributed by atoms with E-state index in [1.165, 1.54) is 12.1 Å². The molecular weight excluding hydrogens is 288 g/mol. The number of nitrogens with one attached hydrogen (secondary N) is 1. The first-order chi connectivity index (χ1) is 9.43. The lowest BCUT2D eigenvalue weighted by atomic mass is 10.1. The van der Waals surface area contributed by atoms with Crippen molar-refractivity contribution in [2.24, 2.45) is 0 Å². The summed E-state index contributed by atoms with van der Waals surface area (Å²) in [6.07, 6.45) is 0. The highest BCUT2D eigenvalue weighted by atomic mass is 35.5. The van der Waals surface area contributed by atoms with Gasteiger partial charge in [0.05, 0.1) is 17.0 Å². The number of halogens is 1. The summed E-state index contributed by atoms with van der Waals surface area (Å²) in [5.41, 5.74) is -0.949. The number of nitro groups is 1. The van der Waals surface area contributed by atoms with Crippen LogP contribution in [0, 0.1) is 10.1 Å². The number of nitrogens with zero attached hydrogens (tertiary/aromatic N) is 1. The van der Waals surface area contributed by atoms with Gasteiger partial charge in [-0.15, -0.1) is 0 Å². The number of rotatable bonds is 3. The van der Waals surface area contributed by atoms with Crippen LogP contribution < -0.4 is 5.56 Å². The van der Waals surface area contributed by atoms with Crippen LogP contribution in [0.4, 0.5) is 5.69 Å². The molecule has 104 valence electrons. The summed E-state index contributed by atoms with van der Waals surface area (Å²) >= 11 is 5.78. The molecule has 20 heavy (non-hydrogen) atoms. The highest BCUT2D eigenvalue weighted by Gasteiger charge is 2.17. The Kier molecular flexibility index (Phi) is 3.71. The Morgan fingerprint density at radius 1 is 1.45 bits per heavy atom. The van der Waals surface area contributed by atoms with Crippen molar-refractivity contribution in [2.75, 3.05) is 6.61 Å². The maximum Gasteiger partial charge on any atom is 0.343 e. The van der Waals surface area contributed by atoms with Crippen LogP contribution in [0.1, 0.15) is 17.3 Å². The highest BCUT2D eigenvalue weighted by Crippen LogP contribution is 2.28. The molecule has 7 nitrogen and oxygen atoms in total. The van der Waals surface area contributed by atoms with Crippen molar-refractivity contribution in [1.29, 1.82) is 0 Å². The first kappa shape index (κ1) is 14.0. The molecule has 8 heteroatoms. The normalized spacial score (nSPS) is 10.5. The molecule has 2 rings (SSSR count). The van der Waals surface area contributed by atoms with Gasteiger partial charge in [-0.05, 0) is 19.1 Å². The maximum absolute atomic E-state index is 11.8. The third-order valence-corrected chi connectivity index (χ3v) is 2.91. The number of pyridine rings is 1. The Morgan fingerprint density at radius 2 is 2.15 bits per heavy atom. The van der Waals surface area contributed by atoms with Gasteiger partial charge in [0, 0.05) is 11.5 Å². The zero-order chi connectivity index (χ0) is 14.9. The van der Waals surface area contributed by atoms with Gasteiger partial charge in [0.15, 0.2) is 0 Å². The molecule has 0 bridgehead atoms. The van der Waals surface area contributed by atoms with Gasteiger partial charge in [-0.1, -0.05) is 11.6 Å². The van der Waals surface area contributed by atoms with Gasteiger partial charge in [0.25, 0.3) is 11.2 Å². The molecule has 0 fully saturated rings. The lowest BCUT2D eigenvalue weighted by Crippen LogP contribution is -2.19. The lowest BCUT2D eigenvalue weighted by Gasteiger charge is -2.04. The Morgan fingerprint density at radius 3 is 2.75 bits per heavy atom. The molecule has 0 amide bonds. The summed E-state index contributed by atoms with van der Waals surface area (Å²) in [5, 5.41) is 11.1. The fourth-order valence-corrected chi connectivity index (χ4v) is 1.96. The second kappa shape index (κ2) is 5.30. The van der Waals surface area contributed by atoms with Crippen LogP contribution in [-0.2, 0) is 4.74 Å². The molecule has 1 aromatic heterocycles. The Labute approximate surface area is 117 Å². The van der Waals surface area contributed by atoms with Gasteiger partial charge in [-0.2, -0.15) is 0 Å². The van der Waals surface area contributed by atoms with Gasteiger partial charge in [0.2, 0.25) is 0 Å². The maximum atomic E-state index is 11.8. The van der Waals surface area contributed by atoms with Crippen molar-refractivity contribution in [1.82, 2.24) is 4.98 Å². The quantitative estimate of drug-likeness (QED) is 0.531. The predicted octanol–water partition coefficient (Wildman–Crippen LogP) is 2.27. The molecule has 0 aliphatic carbocycles. The number of benzene rings is 1. The number of hydrogen-bond donors (Lipinski definition) is 1. The van der Waals surface area contributed by atoms with Gasteiger partial charge >= 0.3 is 5.97 Å². The average molecular weight is 297 g/mol. The zero-order valence-electron chi connectivity index (χ0n) is 10.3. The van der Waals surface area contributed by atoms with E-state index in [4.69, 9.17) is 16.3 Å². The fraction of sp³-hybridized carbons (Fsp3) is 0.167. The second-order valence-electron chi connectivity index (χ2n) is 3.88. The molecule has 1 N–H and O–H groups in total. The SMILES string of the molecule is CCOC(=O)c1cc2cc(Cl)c([N+](=O)[O-])cc2[nH]c1=O. The van der Waals surface area contributed by atoms with Crippen molar-refractivity contribution in [3.63, 3.8) is 0 Å². The van der Waals surface area contributed by atoms with Crippen molar-refractivity contribution < 1.29 is 14.5 Å². The number of aromatic amines is 1. The van der Waals surface area contributed by atoms with Crippen LogP contribution in [0.3, 0.4) is 0 Å². The van der Waals surface area contributed by atoms with E-state index in [9.17, 15) is 19.7 Å². The highest BCUT2D eigenvalue weighted by molar-refractivity contribution is 6.33. The third kappa shape index (κ3) is 2.48. The van der Waals surface area contributed by atoms with Crippen LogP contribution in [-0.4, -0.2) is 22.5 Å². The Bertz CT molecular complexity index is 768. The zero-order valence-corrected chi connectivity index (χ0v) is 11.1. The van der Waals surface area contributed by atoms with E-state index in [2.05, 4.69) is 4.98 Å². The Balaban J connectivity index is 2.66. The smallest absolute Gasteiger partial charge is 0.343 e. The molecular formula is C12H9ClN2O5. The van der Waals surface area contributed by atoms with Crippen LogP contribution in [0.2, 0.25) is 5.02 Å². The molecule has 0 aliphatic heterocycles. The second-order valence-corrected chi connectivity index (χ2v) is 4.29. The summed E-state index contributed by atoms with van der Waals surface area (Å²) in [4.78, 5) is 35.9. The summed E-state index contributed by atoms with van der Waals surface area (Å²) < 4.78 is 4.75. The van der Waals surface area contributed by atoms with E-state index >= 15 is 0 Å². The number of ether oxygens (including phenoxy) is 1. The van der Waals surface area contributed by atoms with Crippen LogP contribution in [0.15, 0.2) is 23.0 Å². The molecule has 1 aromatic carbocycles. The number of H-pyrrole nitrogens is 1. The molecule has 1 heterocycles. The van der Waals surface area contributed by atoms with Crippen molar-refractivity contribution in [3.8, 4) is 0 Å². The van der Waals surface area contributed by atoms with Gasteiger partial charge in [0.1, 0.15) is 10.6 Å². The molecule has 0 spiro atoms. The summed E-state index contributed by atoms with van der Waals surface area (Å²) in [6.45, 7) is 1.75. The fourth-order valence-electron chi connectivity index (χ4n) is 1.72. The first-order valence-corrected chi connectivity index (χ1v) is 6.00. The van der Waals surface area contributed by atoms with E-state index in [1.807, 2.05) is 0 Å². The summed E-state index contributed by atoms with van der Waals surface area (Å²) in [7, 11) is 0. The number of esters is 1. The number of aromatic nitrogens is 1. The number of carbonyl (C=O) groups is 1. The minimum absolute atomic E-state index is 0.0793. The van der Waals surface area contributed by atoms with Crippen LogP contribution >= 0.6 is 11.6 Å². The van der Waals surface area contributed by atoms with E-state index in [0.717, 1.165) is 6.07 Å². The number of carbonyl (C=O) groups excluding carboxylic acids is 1. The topological polar surface area (TPSA) is 102 Å². The number of fused-ring (bicyclic) bond motifs is 1. The summed E-state index contributed by atoms with van der Waals surface area (Å²) in [6, 6.07) is 3.75. The molecule has 0 unspecified atom stereocenters. The van der Waals surface area contributed by atoms with Crippen molar-refractivity contribution in [3.05, 3.63) is 49.3 Å². The lowest BCUT2D eigenvalue weighted by molar-refractivity contribution is -0.384. The van der Waals surface area contributed by atoms with Gasteiger partial charge in [-0.3, -0.25) is 14.9 Å². The third-order valence-electron chi connectivity index (χ3n) is 2.60. The minimum Gasteiger partial charge on any atom is -0.462 e. The molecule has 0 saturated heterocycles. The molecule has 0 saturated carbocycles. The number of hydrogen-bond acceptors (Lipinski definition) is 5. The van der Waals surface area contributed by atoms with Crippen LogP contribution in [0.5, 0.6) is 0 Å².